The molecule has 2 saturated heterocycles. The average Bonchev–Trinajstić information content (AvgIpc) is 3.55. The van der Waals surface area contributed by atoms with Crippen LogP contribution in [0, 0.1) is 13.5 Å². The van der Waals surface area contributed by atoms with E-state index in [0.717, 1.165) is 12.3 Å². The monoisotopic (exact) mass is 716 g/mol. The van der Waals surface area contributed by atoms with Crippen LogP contribution in [0.15, 0.2) is 53.6 Å². The van der Waals surface area contributed by atoms with E-state index in [1.165, 1.54) is 10.8 Å². The highest BCUT2D eigenvalue weighted by molar-refractivity contribution is 7.44. The highest BCUT2D eigenvalue weighted by Crippen LogP contribution is 2.57. The van der Waals surface area contributed by atoms with E-state index in [9.17, 15) is 22.8 Å². The second-order valence-corrected chi connectivity index (χ2v) is 14.0. The first kappa shape index (κ1) is 37.3. The number of alkyl halides is 3. The Hall–Kier alpha value is -4.00. The zero-order valence-electron chi connectivity index (χ0n) is 28.6. The van der Waals surface area contributed by atoms with Gasteiger partial charge in [-0.3, -0.25) is 9.36 Å². The minimum atomic E-state index is -4.72. The van der Waals surface area contributed by atoms with Gasteiger partial charge in [-0.15, -0.1) is 0 Å². The zero-order valence-corrected chi connectivity index (χ0v) is 29.5. The van der Waals surface area contributed by atoms with Crippen molar-refractivity contribution in [3.63, 3.8) is 0 Å². The summed E-state index contributed by atoms with van der Waals surface area (Å²) >= 11 is 0. The second kappa shape index (κ2) is 15.1. The molecule has 1 aromatic carbocycles. The Morgan fingerprint density at radius 2 is 1.90 bits per heavy atom. The number of fused-ring (bicyclic) bond motifs is 2. The van der Waals surface area contributed by atoms with Gasteiger partial charge in [-0.1, -0.05) is 25.1 Å². The van der Waals surface area contributed by atoms with Crippen molar-refractivity contribution in [3.05, 3.63) is 87.5 Å². The van der Waals surface area contributed by atoms with Crippen molar-refractivity contribution in [2.45, 2.75) is 90.2 Å². The molecule has 2 aliphatic heterocycles. The van der Waals surface area contributed by atoms with Crippen LogP contribution in [0.3, 0.4) is 0 Å². The number of nitrogens with zero attached hydrogens (tertiary/aromatic N) is 7. The Kier molecular flexibility index (Phi) is 11.2. The maximum absolute atomic E-state index is 13.8. The van der Waals surface area contributed by atoms with E-state index in [1.54, 1.807) is 42.2 Å². The van der Waals surface area contributed by atoms with Crippen LogP contribution < -0.4 is 15.9 Å². The topological polar surface area (TPSA) is 128 Å². The second-order valence-electron chi connectivity index (χ2n) is 12.6. The molecule has 0 spiro atoms. The molecule has 50 heavy (non-hydrogen) atoms. The minimum Gasteiger partial charge on any atom is -0.344 e. The third-order valence-corrected chi connectivity index (χ3v) is 10.7. The van der Waals surface area contributed by atoms with Gasteiger partial charge in [0.25, 0.3) is 14.4 Å². The maximum Gasteiger partial charge on any atom is 0.433 e. The number of hydrogen-bond acceptors (Lipinski definition) is 10. The Labute approximate surface area is 289 Å². The fourth-order valence-electron chi connectivity index (χ4n) is 6.33. The molecular weight excluding hydrogens is 676 g/mol. The molecule has 17 heteroatoms. The van der Waals surface area contributed by atoms with Gasteiger partial charge < -0.3 is 28.8 Å². The van der Waals surface area contributed by atoms with Crippen molar-refractivity contribution in [3.8, 4) is 0 Å². The first-order valence-electron chi connectivity index (χ1n) is 16.2. The SMILES string of the molecule is [C-]#[N+]CCOP(O[C@H]1[C@@H]2[C@H](n3cc(C)c(NC(=O)c4ccccc4)nc3=O)O[C@@]1(CC)CN2c1nccc(C(F)(F)F)n1)N(C(C)C)C(C)C. The Morgan fingerprint density at radius 1 is 1.20 bits per heavy atom. The number of aromatic nitrogens is 4. The summed E-state index contributed by atoms with van der Waals surface area (Å²) in [6.45, 7) is 19.0. The van der Waals surface area contributed by atoms with E-state index in [2.05, 4.69) is 25.1 Å². The Morgan fingerprint density at radius 3 is 2.52 bits per heavy atom. The number of benzene rings is 1. The van der Waals surface area contributed by atoms with Crippen LogP contribution in [0.2, 0.25) is 0 Å². The lowest BCUT2D eigenvalue weighted by molar-refractivity contribution is -0.141. The van der Waals surface area contributed by atoms with Gasteiger partial charge in [-0.2, -0.15) is 18.2 Å². The van der Waals surface area contributed by atoms with E-state index in [0.29, 0.717) is 17.5 Å². The first-order valence-corrected chi connectivity index (χ1v) is 17.4. The fourth-order valence-corrected chi connectivity index (χ4v) is 8.14. The van der Waals surface area contributed by atoms with Gasteiger partial charge >= 0.3 is 11.9 Å². The lowest BCUT2D eigenvalue weighted by Crippen LogP contribution is -2.48. The predicted octanol–water partition coefficient (Wildman–Crippen LogP) is 5.85. The molecule has 2 bridgehead atoms. The molecule has 5 rings (SSSR count). The zero-order chi connectivity index (χ0) is 36.4. The number of carbonyl (C=O) groups is 1. The summed E-state index contributed by atoms with van der Waals surface area (Å²) in [5.41, 5.74) is -2.19. The average molecular weight is 717 g/mol. The van der Waals surface area contributed by atoms with Crippen molar-refractivity contribution in [2.24, 2.45) is 0 Å². The minimum absolute atomic E-state index is 0.0292. The van der Waals surface area contributed by atoms with Crippen LogP contribution in [-0.4, -0.2) is 79.6 Å². The maximum atomic E-state index is 13.8. The normalized spacial score (nSPS) is 22.4. The molecule has 1 unspecified atom stereocenters. The Bertz CT molecular complexity index is 1760. The molecule has 5 atom stereocenters. The van der Waals surface area contributed by atoms with Crippen LogP contribution >= 0.6 is 8.53 Å². The van der Waals surface area contributed by atoms with Crippen LogP contribution in [0.4, 0.5) is 24.9 Å². The van der Waals surface area contributed by atoms with Gasteiger partial charge in [0.1, 0.15) is 35.9 Å². The van der Waals surface area contributed by atoms with Crippen LogP contribution in [0.1, 0.15) is 68.9 Å². The van der Waals surface area contributed by atoms with Crippen LogP contribution in [0.25, 0.3) is 4.85 Å². The summed E-state index contributed by atoms with van der Waals surface area (Å²) in [6.07, 6.45) is -3.76. The van der Waals surface area contributed by atoms with Crippen molar-refractivity contribution < 1.29 is 31.8 Å². The number of carbonyl (C=O) groups excluding carboxylic acids is 1. The van der Waals surface area contributed by atoms with E-state index in [4.69, 9.17) is 20.4 Å². The number of ether oxygens (including phenoxy) is 1. The number of nitrogens with one attached hydrogen (secondary N) is 1. The molecule has 0 radical (unpaired) electrons. The lowest BCUT2D eigenvalue weighted by atomic mass is 9.96. The molecular formula is C33H40F3N8O5P. The molecule has 2 fully saturated rings. The quantitative estimate of drug-likeness (QED) is 0.131. The molecule has 0 saturated carbocycles. The molecule has 268 valence electrons. The molecule has 1 N–H and O–H groups in total. The first-order chi connectivity index (χ1) is 23.7. The van der Waals surface area contributed by atoms with Crippen molar-refractivity contribution in [1.82, 2.24) is 24.2 Å². The number of anilines is 2. The summed E-state index contributed by atoms with van der Waals surface area (Å²) in [4.78, 5) is 43.8. The van der Waals surface area contributed by atoms with Gasteiger partial charge in [0.05, 0.1) is 6.54 Å². The number of amides is 1. The molecule has 4 heterocycles. The molecule has 2 aromatic heterocycles. The van der Waals surface area contributed by atoms with Crippen molar-refractivity contribution in [2.75, 3.05) is 29.9 Å². The van der Waals surface area contributed by atoms with Gasteiger partial charge in [0.15, 0.2) is 6.23 Å². The summed E-state index contributed by atoms with van der Waals surface area (Å²) in [6, 6.07) is 8.29. The molecule has 1 amide bonds. The van der Waals surface area contributed by atoms with Crippen molar-refractivity contribution in [1.29, 1.82) is 0 Å². The van der Waals surface area contributed by atoms with E-state index >= 15 is 0 Å². The fraction of sp³-hybridized carbons (Fsp3) is 0.515. The number of rotatable bonds is 13. The highest BCUT2D eigenvalue weighted by atomic mass is 31.2. The molecule has 2 aliphatic rings. The standard InChI is InChI=1S/C33H40F3N8O5P/c1-8-32-19-43(30-38-15-14-24(39-30)33(34,35)36)25(26(32)49-50(47-17-16-37-7)44(20(2)3)21(4)5)29(48-32)42-18-22(6)27(41-31(42)46)40-28(45)23-12-10-9-11-13-23/h9-15,18,20-21,25-26,29H,8,16-17,19H2,1-6H3,(H,40,41,45,46)/t25-,26+,29-,32+,50?/m1/s1. The lowest BCUT2D eigenvalue weighted by Gasteiger charge is -2.38. The van der Waals surface area contributed by atoms with Crippen molar-refractivity contribution >= 4 is 26.2 Å². The van der Waals surface area contributed by atoms with Gasteiger partial charge in [-0.25, -0.2) is 26.0 Å². The number of aryl methyl sites for hydroxylation is 1. The van der Waals surface area contributed by atoms with Gasteiger partial charge in [0, 0.05) is 35.6 Å². The predicted molar refractivity (Wildman–Crippen MR) is 180 cm³/mol. The van der Waals surface area contributed by atoms with E-state index in [-0.39, 0.29) is 43.5 Å². The number of morpholine rings is 1. The third-order valence-electron chi connectivity index (χ3n) is 8.59. The number of halogens is 3. The molecule has 3 aromatic rings. The van der Waals surface area contributed by atoms with Gasteiger partial charge in [0.2, 0.25) is 12.5 Å². The van der Waals surface area contributed by atoms with Gasteiger partial charge in [-0.05, 0) is 59.2 Å². The summed E-state index contributed by atoms with van der Waals surface area (Å²) in [7, 11) is -1.82. The highest BCUT2D eigenvalue weighted by Gasteiger charge is 2.66. The Balaban J connectivity index is 1.58. The third kappa shape index (κ3) is 7.52. The molecule has 0 aliphatic carbocycles. The van der Waals surface area contributed by atoms with E-state index < -0.39 is 56.0 Å². The largest absolute Gasteiger partial charge is 0.433 e. The summed E-state index contributed by atoms with van der Waals surface area (Å²) in [5.74, 6) is -0.595. The smallest absolute Gasteiger partial charge is 0.344 e. The summed E-state index contributed by atoms with van der Waals surface area (Å²) in [5, 5.41) is 2.68. The van der Waals surface area contributed by atoms with E-state index in [1.807, 2.05) is 39.3 Å². The van der Waals surface area contributed by atoms with Crippen LogP contribution in [0.5, 0.6) is 0 Å². The summed E-state index contributed by atoms with van der Waals surface area (Å²) < 4.78 is 64.5. The molecule has 13 nitrogen and oxygen atoms in total. The van der Waals surface area contributed by atoms with Crippen LogP contribution in [-0.2, 0) is 20.0 Å². The number of hydrogen-bond donors (Lipinski definition) is 1.